The summed E-state index contributed by atoms with van der Waals surface area (Å²) in [4.78, 5) is 37.1. The summed E-state index contributed by atoms with van der Waals surface area (Å²) in [5.74, 6) is 0.125. The van der Waals surface area contributed by atoms with Gasteiger partial charge in [0.05, 0.1) is 12.1 Å². The van der Waals surface area contributed by atoms with Crippen molar-refractivity contribution in [2.75, 3.05) is 0 Å². The summed E-state index contributed by atoms with van der Waals surface area (Å²) in [5, 5.41) is 0. The standard InChI is InChI=1S/C22H29NO4/c1-22(2,3)17-8-10-18(11-9-17)27-21(26)16-6-4-15(5-7-16)14-23-19(24)12-13-20(23)25/h4-7,17-18H,8-14H2,1-3H3. The summed E-state index contributed by atoms with van der Waals surface area (Å²) in [6, 6.07) is 6.99. The highest BCUT2D eigenvalue weighted by molar-refractivity contribution is 6.01. The molecule has 1 aromatic rings. The van der Waals surface area contributed by atoms with Crippen LogP contribution in [-0.2, 0) is 20.9 Å². The van der Waals surface area contributed by atoms with E-state index in [4.69, 9.17) is 4.74 Å². The normalized spacial score (nSPS) is 23.6. The number of amides is 2. The van der Waals surface area contributed by atoms with Gasteiger partial charge in [-0.3, -0.25) is 14.5 Å². The van der Waals surface area contributed by atoms with Crippen molar-refractivity contribution in [3.05, 3.63) is 35.4 Å². The molecule has 1 aliphatic heterocycles. The van der Waals surface area contributed by atoms with Crippen LogP contribution in [0.4, 0.5) is 0 Å². The second kappa shape index (κ2) is 7.83. The van der Waals surface area contributed by atoms with Crippen LogP contribution >= 0.6 is 0 Å². The van der Waals surface area contributed by atoms with E-state index in [1.165, 1.54) is 4.90 Å². The van der Waals surface area contributed by atoms with Crippen molar-refractivity contribution in [3.63, 3.8) is 0 Å². The number of likely N-dealkylation sites (tertiary alicyclic amines) is 1. The number of benzene rings is 1. The number of nitrogens with zero attached hydrogens (tertiary/aromatic N) is 1. The summed E-state index contributed by atoms with van der Waals surface area (Å²) in [6.45, 7) is 7.09. The van der Waals surface area contributed by atoms with Crippen LogP contribution in [0.1, 0.15) is 75.2 Å². The topological polar surface area (TPSA) is 63.7 Å². The Bertz CT molecular complexity index is 693. The monoisotopic (exact) mass is 371 g/mol. The zero-order valence-electron chi connectivity index (χ0n) is 16.5. The van der Waals surface area contributed by atoms with Gasteiger partial charge in [0.1, 0.15) is 6.10 Å². The molecule has 0 N–H and O–H groups in total. The maximum absolute atomic E-state index is 12.4. The van der Waals surface area contributed by atoms with Crippen molar-refractivity contribution in [2.24, 2.45) is 11.3 Å². The van der Waals surface area contributed by atoms with Gasteiger partial charge in [-0.1, -0.05) is 32.9 Å². The molecule has 1 heterocycles. The third-order valence-electron chi connectivity index (χ3n) is 5.86. The van der Waals surface area contributed by atoms with E-state index in [2.05, 4.69) is 20.8 Å². The first-order valence-electron chi connectivity index (χ1n) is 9.87. The summed E-state index contributed by atoms with van der Waals surface area (Å²) in [5.41, 5.74) is 1.65. The highest BCUT2D eigenvalue weighted by Crippen LogP contribution is 2.38. The van der Waals surface area contributed by atoms with Gasteiger partial charge < -0.3 is 4.74 Å². The number of imide groups is 1. The molecule has 2 aliphatic rings. The molecule has 2 fully saturated rings. The van der Waals surface area contributed by atoms with E-state index in [0.717, 1.165) is 31.2 Å². The third kappa shape index (κ3) is 4.76. The van der Waals surface area contributed by atoms with Crippen molar-refractivity contribution in [3.8, 4) is 0 Å². The van der Waals surface area contributed by atoms with Crippen LogP contribution < -0.4 is 0 Å². The zero-order valence-corrected chi connectivity index (χ0v) is 16.5. The highest BCUT2D eigenvalue weighted by Gasteiger charge is 2.31. The van der Waals surface area contributed by atoms with Gasteiger partial charge in [0, 0.05) is 12.8 Å². The van der Waals surface area contributed by atoms with Crippen molar-refractivity contribution < 1.29 is 19.1 Å². The van der Waals surface area contributed by atoms with E-state index in [0.29, 0.717) is 29.7 Å². The minimum absolute atomic E-state index is 0.00406. The predicted molar refractivity (Wildman–Crippen MR) is 102 cm³/mol. The van der Waals surface area contributed by atoms with Gasteiger partial charge in [-0.25, -0.2) is 4.79 Å². The van der Waals surface area contributed by atoms with Crippen LogP contribution in [0.3, 0.4) is 0 Å². The van der Waals surface area contributed by atoms with E-state index in [9.17, 15) is 14.4 Å². The fraction of sp³-hybridized carbons (Fsp3) is 0.591. The molecule has 5 nitrogen and oxygen atoms in total. The molecule has 0 aromatic heterocycles. The molecule has 0 unspecified atom stereocenters. The molecule has 27 heavy (non-hydrogen) atoms. The minimum Gasteiger partial charge on any atom is -0.459 e. The SMILES string of the molecule is CC(C)(C)C1CCC(OC(=O)c2ccc(CN3C(=O)CCC3=O)cc2)CC1. The Kier molecular flexibility index (Phi) is 5.68. The Labute approximate surface area is 161 Å². The van der Waals surface area contributed by atoms with Gasteiger partial charge in [0.2, 0.25) is 11.8 Å². The van der Waals surface area contributed by atoms with Crippen molar-refractivity contribution in [1.29, 1.82) is 0 Å². The summed E-state index contributed by atoms with van der Waals surface area (Å²) in [6.07, 6.45) is 4.61. The van der Waals surface area contributed by atoms with Gasteiger partial charge in [-0.2, -0.15) is 0 Å². The highest BCUT2D eigenvalue weighted by atomic mass is 16.5. The van der Waals surface area contributed by atoms with Gasteiger partial charge >= 0.3 is 5.97 Å². The lowest BCUT2D eigenvalue weighted by Crippen LogP contribution is -2.30. The first-order chi connectivity index (χ1) is 12.7. The number of esters is 1. The molecule has 146 valence electrons. The Balaban J connectivity index is 1.52. The average molecular weight is 371 g/mol. The van der Waals surface area contributed by atoms with Gasteiger partial charge in [0.15, 0.2) is 0 Å². The Morgan fingerprint density at radius 2 is 1.56 bits per heavy atom. The maximum atomic E-state index is 12.4. The number of carbonyl (C=O) groups excluding carboxylic acids is 3. The lowest BCUT2D eigenvalue weighted by molar-refractivity contribution is -0.139. The molecule has 1 saturated heterocycles. The molecule has 5 heteroatoms. The van der Waals surface area contributed by atoms with E-state index in [1.54, 1.807) is 24.3 Å². The zero-order chi connectivity index (χ0) is 19.6. The molecule has 0 atom stereocenters. The number of ether oxygens (including phenoxy) is 1. The third-order valence-corrected chi connectivity index (χ3v) is 5.86. The molecule has 1 aromatic carbocycles. The molecular weight excluding hydrogens is 342 g/mol. The number of carbonyl (C=O) groups is 3. The quantitative estimate of drug-likeness (QED) is 0.590. The molecule has 0 bridgehead atoms. The Morgan fingerprint density at radius 1 is 1.00 bits per heavy atom. The van der Waals surface area contributed by atoms with Crippen LogP contribution in [0.2, 0.25) is 0 Å². The van der Waals surface area contributed by atoms with Crippen molar-refractivity contribution in [1.82, 2.24) is 4.90 Å². The molecule has 0 spiro atoms. The fourth-order valence-electron chi connectivity index (χ4n) is 3.99. The second-order valence-electron chi connectivity index (χ2n) is 8.82. The lowest BCUT2D eigenvalue weighted by atomic mass is 9.72. The van der Waals surface area contributed by atoms with Crippen LogP contribution in [-0.4, -0.2) is 28.8 Å². The predicted octanol–water partition coefficient (Wildman–Crippen LogP) is 4.10. The van der Waals surface area contributed by atoms with E-state index in [1.807, 2.05) is 0 Å². The van der Waals surface area contributed by atoms with Gasteiger partial charge in [0.25, 0.3) is 0 Å². The number of rotatable bonds is 4. The minimum atomic E-state index is -0.297. The molecule has 1 saturated carbocycles. The van der Waals surface area contributed by atoms with Crippen LogP contribution in [0.5, 0.6) is 0 Å². The number of hydrogen-bond donors (Lipinski definition) is 0. The van der Waals surface area contributed by atoms with Gasteiger partial charge in [-0.05, 0) is 54.7 Å². The molecule has 2 amide bonds. The van der Waals surface area contributed by atoms with Gasteiger partial charge in [-0.15, -0.1) is 0 Å². The summed E-state index contributed by atoms with van der Waals surface area (Å²) < 4.78 is 5.69. The molecule has 3 rings (SSSR count). The van der Waals surface area contributed by atoms with Crippen molar-refractivity contribution in [2.45, 2.75) is 71.9 Å². The molecular formula is C22H29NO4. The first kappa shape index (κ1) is 19.6. The Hall–Kier alpha value is -2.17. The summed E-state index contributed by atoms with van der Waals surface area (Å²) >= 11 is 0. The first-order valence-corrected chi connectivity index (χ1v) is 9.87. The van der Waals surface area contributed by atoms with E-state index in [-0.39, 0.29) is 30.4 Å². The van der Waals surface area contributed by atoms with Crippen molar-refractivity contribution >= 4 is 17.8 Å². The Morgan fingerprint density at radius 3 is 2.07 bits per heavy atom. The van der Waals surface area contributed by atoms with Crippen LogP contribution in [0.15, 0.2) is 24.3 Å². The smallest absolute Gasteiger partial charge is 0.338 e. The maximum Gasteiger partial charge on any atom is 0.338 e. The summed E-state index contributed by atoms with van der Waals surface area (Å²) in [7, 11) is 0. The van der Waals surface area contributed by atoms with Crippen LogP contribution in [0.25, 0.3) is 0 Å². The molecule has 0 radical (unpaired) electrons. The largest absolute Gasteiger partial charge is 0.459 e. The fourth-order valence-corrected chi connectivity index (χ4v) is 3.99. The molecule has 1 aliphatic carbocycles. The lowest BCUT2D eigenvalue weighted by Gasteiger charge is -2.36. The number of hydrogen-bond acceptors (Lipinski definition) is 4. The second-order valence-corrected chi connectivity index (χ2v) is 8.82. The average Bonchev–Trinajstić information content (AvgIpc) is 2.94. The van der Waals surface area contributed by atoms with E-state index < -0.39 is 0 Å². The van der Waals surface area contributed by atoms with Crippen LogP contribution in [0, 0.1) is 11.3 Å². The van der Waals surface area contributed by atoms with E-state index >= 15 is 0 Å².